The van der Waals surface area contributed by atoms with Gasteiger partial charge in [-0.05, 0) is 44.0 Å². The van der Waals surface area contributed by atoms with Crippen molar-refractivity contribution < 1.29 is 27.5 Å². The zero-order valence-corrected chi connectivity index (χ0v) is 16.6. The van der Waals surface area contributed by atoms with Crippen molar-refractivity contribution in [2.75, 3.05) is 19.7 Å². The number of alkyl halides is 3. The van der Waals surface area contributed by atoms with Gasteiger partial charge in [0, 0.05) is 18.7 Å². The topological polar surface area (TPSA) is 90.2 Å². The minimum atomic E-state index is -4.48. The van der Waals surface area contributed by atoms with E-state index in [1.165, 1.54) is 12.1 Å². The van der Waals surface area contributed by atoms with Crippen LogP contribution in [0.25, 0.3) is 11.4 Å². The maximum absolute atomic E-state index is 12.9. The molecule has 2 heterocycles. The molecule has 1 aromatic heterocycles. The summed E-state index contributed by atoms with van der Waals surface area (Å²) in [5, 5.41) is 11.7. The van der Waals surface area contributed by atoms with Gasteiger partial charge in [0.05, 0.1) is 18.1 Å². The Morgan fingerprint density at radius 2 is 1.97 bits per heavy atom. The van der Waals surface area contributed by atoms with E-state index in [1.807, 2.05) is 0 Å². The zero-order valence-electron chi connectivity index (χ0n) is 16.6. The summed E-state index contributed by atoms with van der Waals surface area (Å²) >= 11 is 0. The average Bonchev–Trinajstić information content (AvgIpc) is 3.23. The Hall–Kier alpha value is -2.98. The predicted molar refractivity (Wildman–Crippen MR) is 98.9 cm³/mol. The van der Waals surface area contributed by atoms with Gasteiger partial charge in [-0.1, -0.05) is 12.1 Å². The Morgan fingerprint density at radius 3 is 2.60 bits per heavy atom. The Kier molecular flexibility index (Phi) is 6.37. The highest BCUT2D eigenvalue weighted by Gasteiger charge is 2.32. The quantitative estimate of drug-likeness (QED) is 0.685. The molecular formula is C19H22F3N5O3. The number of piperidine rings is 1. The molecule has 11 heteroatoms. The third kappa shape index (κ3) is 4.77. The van der Waals surface area contributed by atoms with E-state index in [0.29, 0.717) is 32.5 Å². The predicted octanol–water partition coefficient (Wildman–Crippen LogP) is 2.72. The molecule has 30 heavy (non-hydrogen) atoms. The highest BCUT2D eigenvalue weighted by atomic mass is 19.4. The molecule has 1 aliphatic heterocycles. The average molecular weight is 425 g/mol. The first kappa shape index (κ1) is 21.7. The first-order valence-corrected chi connectivity index (χ1v) is 9.63. The smallest absolute Gasteiger partial charge is 0.416 e. The SMILES string of the molecule is CCOC(=O)C1CCN(C(=O)C(C)n2nnc(-c3cccc(C(F)(F)F)c3)n2)CC1. The molecule has 3 rings (SSSR count). The number of ether oxygens (including phenoxy) is 1. The number of hydrogen-bond acceptors (Lipinski definition) is 6. The summed E-state index contributed by atoms with van der Waals surface area (Å²) in [4.78, 5) is 27.3. The van der Waals surface area contributed by atoms with Gasteiger partial charge in [0.25, 0.3) is 0 Å². The molecule has 0 bridgehead atoms. The highest BCUT2D eigenvalue weighted by molar-refractivity contribution is 5.80. The second kappa shape index (κ2) is 8.80. The number of amides is 1. The number of hydrogen-bond donors (Lipinski definition) is 0. The van der Waals surface area contributed by atoms with Crippen LogP contribution in [0.15, 0.2) is 24.3 Å². The van der Waals surface area contributed by atoms with Crippen molar-refractivity contribution in [2.24, 2.45) is 5.92 Å². The van der Waals surface area contributed by atoms with E-state index in [9.17, 15) is 22.8 Å². The van der Waals surface area contributed by atoms with Crippen molar-refractivity contribution in [1.82, 2.24) is 25.1 Å². The summed E-state index contributed by atoms with van der Waals surface area (Å²) < 4.78 is 43.7. The van der Waals surface area contributed by atoms with Crippen LogP contribution in [0.2, 0.25) is 0 Å². The highest BCUT2D eigenvalue weighted by Crippen LogP contribution is 2.31. The lowest BCUT2D eigenvalue weighted by atomic mass is 9.96. The second-order valence-corrected chi connectivity index (χ2v) is 7.04. The largest absolute Gasteiger partial charge is 0.466 e. The van der Waals surface area contributed by atoms with Crippen LogP contribution in [0.3, 0.4) is 0 Å². The summed E-state index contributed by atoms with van der Waals surface area (Å²) in [5.41, 5.74) is -0.657. The summed E-state index contributed by atoms with van der Waals surface area (Å²) in [6, 6.07) is 3.83. The molecule has 162 valence electrons. The van der Waals surface area contributed by atoms with E-state index < -0.39 is 17.8 Å². The summed E-state index contributed by atoms with van der Waals surface area (Å²) in [5.74, 6) is -0.713. The number of nitrogens with zero attached hydrogens (tertiary/aromatic N) is 5. The maximum atomic E-state index is 12.9. The zero-order chi connectivity index (χ0) is 21.9. The Balaban J connectivity index is 1.66. The Labute approximate surface area is 171 Å². The molecule has 1 aliphatic rings. The van der Waals surface area contributed by atoms with E-state index in [-0.39, 0.29) is 29.2 Å². The van der Waals surface area contributed by atoms with Gasteiger partial charge < -0.3 is 9.64 Å². The fourth-order valence-corrected chi connectivity index (χ4v) is 3.30. The van der Waals surface area contributed by atoms with Gasteiger partial charge in [-0.15, -0.1) is 10.2 Å². The summed E-state index contributed by atoms with van der Waals surface area (Å²) in [6.45, 7) is 4.47. The molecule has 8 nitrogen and oxygen atoms in total. The number of esters is 1. The van der Waals surface area contributed by atoms with Crippen molar-refractivity contribution in [3.8, 4) is 11.4 Å². The molecule has 0 aliphatic carbocycles. The summed E-state index contributed by atoms with van der Waals surface area (Å²) in [7, 11) is 0. The molecule has 0 spiro atoms. The van der Waals surface area contributed by atoms with Crippen LogP contribution in [0.4, 0.5) is 13.2 Å². The van der Waals surface area contributed by atoms with E-state index in [0.717, 1.165) is 16.9 Å². The van der Waals surface area contributed by atoms with Gasteiger partial charge in [-0.2, -0.15) is 18.0 Å². The van der Waals surface area contributed by atoms with E-state index in [2.05, 4.69) is 15.4 Å². The van der Waals surface area contributed by atoms with Gasteiger partial charge >= 0.3 is 12.1 Å². The van der Waals surface area contributed by atoms with Crippen LogP contribution < -0.4 is 0 Å². The first-order chi connectivity index (χ1) is 14.2. The van der Waals surface area contributed by atoms with Gasteiger partial charge in [-0.3, -0.25) is 9.59 Å². The van der Waals surface area contributed by atoms with Crippen LogP contribution in [-0.4, -0.2) is 56.7 Å². The number of halogens is 3. The molecule has 1 saturated heterocycles. The number of likely N-dealkylation sites (tertiary alicyclic amines) is 1. The fourth-order valence-electron chi connectivity index (χ4n) is 3.30. The van der Waals surface area contributed by atoms with E-state index in [1.54, 1.807) is 18.7 Å². The lowest BCUT2D eigenvalue weighted by molar-refractivity contribution is -0.151. The van der Waals surface area contributed by atoms with Crippen molar-refractivity contribution in [3.63, 3.8) is 0 Å². The minimum Gasteiger partial charge on any atom is -0.466 e. The standard InChI is InChI=1S/C19H22F3N5O3/c1-3-30-18(29)13-7-9-26(10-8-13)17(28)12(2)27-24-16(23-25-27)14-5-4-6-15(11-14)19(20,21)22/h4-6,11-13H,3,7-10H2,1-2H3. The molecule has 1 amide bonds. The van der Waals surface area contributed by atoms with Gasteiger partial charge in [0.1, 0.15) is 6.04 Å². The molecule has 0 radical (unpaired) electrons. The Bertz CT molecular complexity index is 907. The van der Waals surface area contributed by atoms with Gasteiger partial charge in [0.2, 0.25) is 11.7 Å². The third-order valence-electron chi connectivity index (χ3n) is 5.01. The van der Waals surface area contributed by atoms with Crippen LogP contribution in [0.1, 0.15) is 38.3 Å². The third-order valence-corrected chi connectivity index (χ3v) is 5.01. The van der Waals surface area contributed by atoms with E-state index in [4.69, 9.17) is 4.74 Å². The molecule has 1 fully saturated rings. The lowest BCUT2D eigenvalue weighted by Gasteiger charge is -2.32. The van der Waals surface area contributed by atoms with Gasteiger partial charge in [-0.25, -0.2) is 0 Å². The maximum Gasteiger partial charge on any atom is 0.416 e. The van der Waals surface area contributed by atoms with Crippen molar-refractivity contribution in [3.05, 3.63) is 29.8 Å². The van der Waals surface area contributed by atoms with Crippen LogP contribution in [-0.2, 0) is 20.5 Å². The molecule has 0 saturated carbocycles. The van der Waals surface area contributed by atoms with Crippen molar-refractivity contribution in [1.29, 1.82) is 0 Å². The fraction of sp³-hybridized carbons (Fsp3) is 0.526. The molecule has 1 atom stereocenters. The van der Waals surface area contributed by atoms with Crippen LogP contribution in [0, 0.1) is 5.92 Å². The van der Waals surface area contributed by atoms with Gasteiger partial charge in [0.15, 0.2) is 0 Å². The van der Waals surface area contributed by atoms with Crippen molar-refractivity contribution in [2.45, 2.75) is 38.9 Å². The second-order valence-electron chi connectivity index (χ2n) is 7.04. The lowest BCUT2D eigenvalue weighted by Crippen LogP contribution is -2.43. The number of carbonyl (C=O) groups excluding carboxylic acids is 2. The monoisotopic (exact) mass is 425 g/mol. The van der Waals surface area contributed by atoms with Crippen LogP contribution in [0.5, 0.6) is 0 Å². The normalized spacial score (nSPS) is 16.4. The number of carbonyl (C=O) groups is 2. The molecule has 2 aromatic rings. The molecule has 0 N–H and O–H groups in total. The van der Waals surface area contributed by atoms with Crippen molar-refractivity contribution >= 4 is 11.9 Å². The molecule has 1 aromatic carbocycles. The number of benzene rings is 1. The number of tetrazole rings is 1. The summed E-state index contributed by atoms with van der Waals surface area (Å²) in [6.07, 6.45) is -3.46. The van der Waals surface area contributed by atoms with Crippen LogP contribution >= 0.6 is 0 Å². The minimum absolute atomic E-state index is 0.00164. The molecule has 1 unspecified atom stereocenters. The first-order valence-electron chi connectivity index (χ1n) is 9.63. The number of aromatic nitrogens is 4. The Morgan fingerprint density at radius 1 is 1.27 bits per heavy atom. The number of rotatable bonds is 5. The molecular weight excluding hydrogens is 403 g/mol. The van der Waals surface area contributed by atoms with E-state index >= 15 is 0 Å².